The maximum absolute atomic E-state index is 12.8. The highest BCUT2D eigenvalue weighted by molar-refractivity contribution is 5.77. The van der Waals surface area contributed by atoms with Crippen LogP contribution in [0.4, 0.5) is 17.6 Å². The molecule has 2 aromatic heterocycles. The number of hydrogen-bond donors (Lipinski definition) is 1. The first kappa shape index (κ1) is 18.3. The van der Waals surface area contributed by atoms with E-state index < -0.39 is 31.5 Å². The molecule has 6 nitrogen and oxygen atoms in total. The van der Waals surface area contributed by atoms with E-state index in [9.17, 15) is 22.4 Å². The van der Waals surface area contributed by atoms with E-state index >= 15 is 0 Å². The Morgan fingerprint density at radius 3 is 2.92 bits per heavy atom. The van der Waals surface area contributed by atoms with Gasteiger partial charge in [0.1, 0.15) is 19.0 Å². The Balaban J connectivity index is 1.58. The summed E-state index contributed by atoms with van der Waals surface area (Å²) in [6.07, 6.45) is -0.0365. The smallest absolute Gasteiger partial charge is 0.330 e. The third kappa shape index (κ3) is 4.01. The summed E-state index contributed by atoms with van der Waals surface area (Å²) < 4.78 is 54.2. The van der Waals surface area contributed by atoms with Crippen LogP contribution in [0.2, 0.25) is 0 Å². The lowest BCUT2D eigenvalue weighted by molar-refractivity contribution is -0.171. The summed E-state index contributed by atoms with van der Waals surface area (Å²) in [5.74, 6) is -4.18. The third-order valence-corrected chi connectivity index (χ3v) is 3.96. The number of hydrogen-bond acceptors (Lipinski definition) is 4. The number of ether oxygens (including phenoxy) is 1. The predicted molar refractivity (Wildman–Crippen MR) is 82.7 cm³/mol. The molecule has 1 aliphatic heterocycles. The van der Waals surface area contributed by atoms with Gasteiger partial charge in [-0.1, -0.05) is 0 Å². The first-order valence-electron chi connectivity index (χ1n) is 7.86. The number of fused-ring (bicyclic) bond motifs is 1. The minimum atomic E-state index is -4.27. The molecular formula is C16H16F4N4O2. The van der Waals surface area contributed by atoms with Gasteiger partial charge in [0.15, 0.2) is 0 Å². The summed E-state index contributed by atoms with van der Waals surface area (Å²) in [5.41, 5.74) is 2.36. The van der Waals surface area contributed by atoms with Crippen molar-refractivity contribution in [3.63, 3.8) is 0 Å². The molecule has 0 aliphatic carbocycles. The topological polar surface area (TPSA) is 71.1 Å². The molecule has 140 valence electrons. The van der Waals surface area contributed by atoms with Crippen molar-refractivity contribution in [3.8, 4) is 11.4 Å². The lowest BCUT2D eigenvalue weighted by atomic mass is 10.1. The van der Waals surface area contributed by atoms with Crippen molar-refractivity contribution in [1.29, 1.82) is 0 Å². The van der Waals surface area contributed by atoms with Gasteiger partial charge in [-0.2, -0.15) is 8.78 Å². The number of amides is 1. The van der Waals surface area contributed by atoms with Crippen LogP contribution >= 0.6 is 0 Å². The van der Waals surface area contributed by atoms with Gasteiger partial charge >= 0.3 is 12.3 Å². The number of carbonyl (C=O) groups excluding carboxylic acids is 1. The Hall–Kier alpha value is -2.49. The van der Waals surface area contributed by atoms with Crippen molar-refractivity contribution in [3.05, 3.63) is 35.9 Å². The zero-order valence-corrected chi connectivity index (χ0v) is 13.6. The van der Waals surface area contributed by atoms with E-state index in [1.165, 1.54) is 4.90 Å². The highest BCUT2D eigenvalue weighted by Gasteiger charge is 2.41. The largest absolute Gasteiger partial charge is 0.365 e. The molecule has 1 aliphatic rings. The number of H-pyrrole nitrogens is 1. The van der Waals surface area contributed by atoms with E-state index in [0.29, 0.717) is 18.8 Å². The number of nitrogens with zero attached hydrogens (tertiary/aromatic N) is 3. The maximum Gasteiger partial charge on any atom is 0.330 e. The number of aromatic amines is 1. The van der Waals surface area contributed by atoms with Crippen molar-refractivity contribution in [2.75, 3.05) is 19.8 Å². The quantitative estimate of drug-likeness (QED) is 0.790. The van der Waals surface area contributed by atoms with Gasteiger partial charge in [0.25, 0.3) is 0 Å². The van der Waals surface area contributed by atoms with Crippen molar-refractivity contribution in [2.24, 2.45) is 0 Å². The minimum Gasteiger partial charge on any atom is -0.365 e. The van der Waals surface area contributed by atoms with E-state index in [1.54, 1.807) is 18.5 Å². The molecule has 0 unspecified atom stereocenters. The van der Waals surface area contributed by atoms with E-state index in [2.05, 4.69) is 19.7 Å². The number of rotatable bonds is 6. The fourth-order valence-corrected chi connectivity index (χ4v) is 2.57. The average Bonchev–Trinajstić information content (AvgIpc) is 3.05. The maximum atomic E-state index is 12.8. The zero-order chi connectivity index (χ0) is 18.7. The summed E-state index contributed by atoms with van der Waals surface area (Å²) >= 11 is 0. The molecule has 3 heterocycles. The third-order valence-electron chi connectivity index (χ3n) is 3.96. The van der Waals surface area contributed by atoms with E-state index in [0.717, 1.165) is 17.0 Å². The van der Waals surface area contributed by atoms with Crippen LogP contribution in [0.15, 0.2) is 24.5 Å². The fraction of sp³-hybridized carbons (Fsp3) is 0.438. The molecule has 0 atom stereocenters. The molecule has 0 radical (unpaired) electrons. The first-order chi connectivity index (χ1) is 12.4. The number of alkyl halides is 4. The standard InChI is InChI=1S/C16H16F4N4O2/c17-15(18)16(19,20)9-26-8-13(25)24-5-3-11-12(7-24)23-14(22-11)10-2-1-4-21-6-10/h1-2,4,6,15H,3,5,7-9H2,(H,22,23). The Labute approximate surface area is 146 Å². The Bertz CT molecular complexity index is 767. The van der Waals surface area contributed by atoms with Gasteiger partial charge in [-0.15, -0.1) is 0 Å². The summed E-state index contributed by atoms with van der Waals surface area (Å²) in [5, 5.41) is 0. The number of imidazole rings is 1. The van der Waals surface area contributed by atoms with Crippen LogP contribution in [-0.2, 0) is 22.5 Å². The second-order valence-electron chi connectivity index (χ2n) is 5.87. The fourth-order valence-electron chi connectivity index (χ4n) is 2.57. The van der Waals surface area contributed by atoms with Crippen LogP contribution < -0.4 is 0 Å². The Morgan fingerprint density at radius 2 is 2.23 bits per heavy atom. The van der Waals surface area contributed by atoms with Gasteiger partial charge in [-0.3, -0.25) is 9.78 Å². The molecule has 1 amide bonds. The van der Waals surface area contributed by atoms with Crippen molar-refractivity contribution in [1.82, 2.24) is 19.9 Å². The summed E-state index contributed by atoms with van der Waals surface area (Å²) in [4.78, 5) is 25.1. The number of nitrogens with one attached hydrogen (secondary N) is 1. The highest BCUT2D eigenvalue weighted by Crippen LogP contribution is 2.24. The second-order valence-corrected chi connectivity index (χ2v) is 5.87. The minimum absolute atomic E-state index is 0.218. The van der Waals surface area contributed by atoms with Crippen molar-refractivity contribution in [2.45, 2.75) is 25.3 Å². The van der Waals surface area contributed by atoms with Crippen LogP contribution in [0.3, 0.4) is 0 Å². The normalized spacial score (nSPS) is 14.6. The summed E-state index contributed by atoms with van der Waals surface area (Å²) in [7, 11) is 0. The van der Waals surface area contributed by atoms with Gasteiger partial charge < -0.3 is 14.6 Å². The summed E-state index contributed by atoms with van der Waals surface area (Å²) in [6, 6.07) is 3.62. The Morgan fingerprint density at radius 1 is 1.42 bits per heavy atom. The van der Waals surface area contributed by atoms with Gasteiger partial charge in [0.05, 0.1) is 17.9 Å². The van der Waals surface area contributed by atoms with Crippen molar-refractivity contribution < 1.29 is 27.1 Å². The van der Waals surface area contributed by atoms with E-state index in [-0.39, 0.29) is 6.54 Å². The van der Waals surface area contributed by atoms with Crippen LogP contribution in [0.25, 0.3) is 11.4 Å². The van der Waals surface area contributed by atoms with Crippen molar-refractivity contribution >= 4 is 5.91 Å². The number of aromatic nitrogens is 3. The van der Waals surface area contributed by atoms with Crippen LogP contribution in [-0.4, -0.2) is 57.9 Å². The molecule has 1 N–H and O–H groups in total. The molecule has 10 heteroatoms. The molecule has 0 fully saturated rings. The first-order valence-corrected chi connectivity index (χ1v) is 7.86. The predicted octanol–water partition coefficient (Wildman–Crippen LogP) is 2.27. The van der Waals surface area contributed by atoms with Crippen LogP contribution in [0, 0.1) is 0 Å². The van der Waals surface area contributed by atoms with E-state index in [1.807, 2.05) is 6.07 Å². The lowest BCUT2D eigenvalue weighted by Crippen LogP contribution is -2.40. The van der Waals surface area contributed by atoms with E-state index in [4.69, 9.17) is 0 Å². The number of pyridine rings is 1. The lowest BCUT2D eigenvalue weighted by Gasteiger charge is -2.26. The second kappa shape index (κ2) is 7.40. The van der Waals surface area contributed by atoms with Gasteiger partial charge in [-0.05, 0) is 12.1 Å². The molecule has 0 aromatic carbocycles. The zero-order valence-electron chi connectivity index (χ0n) is 13.6. The van der Waals surface area contributed by atoms with Gasteiger partial charge in [0, 0.05) is 30.9 Å². The molecule has 3 rings (SSSR count). The molecule has 26 heavy (non-hydrogen) atoms. The molecule has 0 spiro atoms. The van der Waals surface area contributed by atoms with Crippen LogP contribution in [0.5, 0.6) is 0 Å². The SMILES string of the molecule is O=C(COCC(F)(F)C(F)F)N1CCc2nc(-c3cccnc3)[nH]c2C1. The molecule has 0 saturated heterocycles. The highest BCUT2D eigenvalue weighted by atomic mass is 19.3. The molecule has 0 saturated carbocycles. The number of carbonyl (C=O) groups is 1. The van der Waals surface area contributed by atoms with Gasteiger partial charge in [-0.25, -0.2) is 13.8 Å². The molecule has 2 aromatic rings. The molecule has 0 bridgehead atoms. The monoisotopic (exact) mass is 372 g/mol. The van der Waals surface area contributed by atoms with Crippen LogP contribution in [0.1, 0.15) is 11.4 Å². The molecular weight excluding hydrogens is 356 g/mol. The summed E-state index contributed by atoms with van der Waals surface area (Å²) in [6.45, 7) is -1.61. The van der Waals surface area contributed by atoms with Gasteiger partial charge in [0.2, 0.25) is 5.91 Å². The number of halogens is 4. The average molecular weight is 372 g/mol. The Kier molecular flexibility index (Phi) is 5.21.